The lowest BCUT2D eigenvalue weighted by Gasteiger charge is -2.30. The number of nitrogens with one attached hydrogen (secondary N) is 1. The minimum atomic E-state index is -0.104. The first-order valence-corrected chi connectivity index (χ1v) is 6.73. The molecule has 5 heteroatoms. The molecule has 1 N–H and O–H groups in total. The Morgan fingerprint density at radius 2 is 2.37 bits per heavy atom. The molecule has 0 spiro atoms. The Morgan fingerprint density at radius 1 is 1.58 bits per heavy atom. The van der Waals surface area contributed by atoms with Gasteiger partial charge in [-0.25, -0.2) is 4.79 Å². The highest BCUT2D eigenvalue weighted by Crippen LogP contribution is 2.21. The zero-order chi connectivity index (χ0) is 13.8. The van der Waals surface area contributed by atoms with Gasteiger partial charge in [0.15, 0.2) is 0 Å². The van der Waals surface area contributed by atoms with Gasteiger partial charge in [-0.05, 0) is 37.0 Å². The van der Waals surface area contributed by atoms with Crippen LogP contribution in [0.15, 0.2) is 18.2 Å². The molecule has 1 fully saturated rings. The predicted octanol–water partition coefficient (Wildman–Crippen LogP) is 3.48. The highest BCUT2D eigenvalue weighted by atomic mass is 35.5. The van der Waals surface area contributed by atoms with Gasteiger partial charge in [-0.1, -0.05) is 18.5 Å². The number of amides is 2. The number of piperidine rings is 1. The number of anilines is 1. The van der Waals surface area contributed by atoms with Gasteiger partial charge in [0.2, 0.25) is 0 Å². The molecule has 1 unspecified atom stereocenters. The van der Waals surface area contributed by atoms with Crippen molar-refractivity contribution in [3.8, 4) is 6.07 Å². The Morgan fingerprint density at radius 3 is 3.00 bits per heavy atom. The SMILES string of the molecule is CC1CCCN(C(=O)Nc2ccc(C#N)c(Cl)c2)C1. The van der Waals surface area contributed by atoms with E-state index in [4.69, 9.17) is 16.9 Å². The lowest BCUT2D eigenvalue weighted by Crippen LogP contribution is -2.41. The second kappa shape index (κ2) is 5.94. The minimum Gasteiger partial charge on any atom is -0.324 e. The van der Waals surface area contributed by atoms with Gasteiger partial charge in [-0.3, -0.25) is 0 Å². The molecule has 0 saturated carbocycles. The highest BCUT2D eigenvalue weighted by Gasteiger charge is 2.20. The van der Waals surface area contributed by atoms with Crippen molar-refractivity contribution in [3.05, 3.63) is 28.8 Å². The summed E-state index contributed by atoms with van der Waals surface area (Å²) in [7, 11) is 0. The van der Waals surface area contributed by atoms with Crippen LogP contribution in [0.1, 0.15) is 25.3 Å². The third-order valence-corrected chi connectivity index (χ3v) is 3.60. The van der Waals surface area contributed by atoms with E-state index in [2.05, 4.69) is 12.2 Å². The summed E-state index contributed by atoms with van der Waals surface area (Å²) < 4.78 is 0. The fourth-order valence-corrected chi connectivity index (χ4v) is 2.48. The Balaban J connectivity index is 2.02. The summed E-state index contributed by atoms with van der Waals surface area (Å²) in [5.74, 6) is 0.545. The van der Waals surface area contributed by atoms with E-state index < -0.39 is 0 Å². The second-order valence-corrected chi connectivity index (χ2v) is 5.34. The van der Waals surface area contributed by atoms with E-state index in [1.165, 1.54) is 6.42 Å². The minimum absolute atomic E-state index is 0.104. The molecular weight excluding hydrogens is 262 g/mol. The first kappa shape index (κ1) is 13.7. The molecule has 1 aromatic rings. The van der Waals surface area contributed by atoms with E-state index in [1.807, 2.05) is 11.0 Å². The van der Waals surface area contributed by atoms with E-state index >= 15 is 0 Å². The smallest absolute Gasteiger partial charge is 0.321 e. The number of urea groups is 1. The summed E-state index contributed by atoms with van der Waals surface area (Å²) in [6.07, 6.45) is 2.22. The topological polar surface area (TPSA) is 56.1 Å². The van der Waals surface area contributed by atoms with Crippen molar-refractivity contribution in [1.29, 1.82) is 5.26 Å². The number of halogens is 1. The number of carbonyl (C=O) groups excluding carboxylic acids is 1. The Labute approximate surface area is 118 Å². The van der Waals surface area contributed by atoms with Crippen LogP contribution in [0.5, 0.6) is 0 Å². The largest absolute Gasteiger partial charge is 0.324 e. The molecular formula is C14H16ClN3O. The molecule has 0 bridgehead atoms. The van der Waals surface area contributed by atoms with E-state index in [0.29, 0.717) is 22.2 Å². The number of nitrogens with zero attached hydrogens (tertiary/aromatic N) is 2. The fraction of sp³-hybridized carbons (Fsp3) is 0.429. The fourth-order valence-electron chi connectivity index (χ4n) is 2.26. The Kier molecular flexibility index (Phi) is 4.28. The van der Waals surface area contributed by atoms with Crippen LogP contribution in [0.2, 0.25) is 5.02 Å². The van der Waals surface area contributed by atoms with E-state index in [1.54, 1.807) is 18.2 Å². The molecule has 1 aromatic carbocycles. The van der Waals surface area contributed by atoms with Crippen LogP contribution in [0.3, 0.4) is 0 Å². The maximum atomic E-state index is 12.1. The molecule has 2 rings (SSSR count). The molecule has 1 atom stereocenters. The number of hydrogen-bond donors (Lipinski definition) is 1. The summed E-state index contributed by atoms with van der Waals surface area (Å²) in [4.78, 5) is 13.9. The maximum absolute atomic E-state index is 12.1. The zero-order valence-electron chi connectivity index (χ0n) is 10.8. The first-order valence-electron chi connectivity index (χ1n) is 6.35. The van der Waals surface area contributed by atoms with E-state index in [0.717, 1.165) is 19.5 Å². The monoisotopic (exact) mass is 277 g/mol. The molecule has 19 heavy (non-hydrogen) atoms. The van der Waals surface area contributed by atoms with Gasteiger partial charge in [-0.15, -0.1) is 0 Å². The molecule has 1 saturated heterocycles. The molecule has 2 amide bonds. The maximum Gasteiger partial charge on any atom is 0.321 e. The Bertz CT molecular complexity index is 524. The highest BCUT2D eigenvalue weighted by molar-refractivity contribution is 6.32. The number of likely N-dealkylation sites (tertiary alicyclic amines) is 1. The van der Waals surface area contributed by atoms with Crippen LogP contribution in [-0.4, -0.2) is 24.0 Å². The van der Waals surface area contributed by atoms with Crippen molar-refractivity contribution >= 4 is 23.3 Å². The summed E-state index contributed by atoms with van der Waals surface area (Å²) >= 11 is 5.93. The number of benzene rings is 1. The Hall–Kier alpha value is -1.73. The molecule has 0 aromatic heterocycles. The summed E-state index contributed by atoms with van der Waals surface area (Å²) in [6.45, 7) is 3.73. The van der Waals surface area contributed by atoms with E-state index in [9.17, 15) is 4.79 Å². The van der Waals surface area contributed by atoms with Crippen molar-refractivity contribution in [2.45, 2.75) is 19.8 Å². The standard InChI is InChI=1S/C14H16ClN3O/c1-10-3-2-6-18(9-10)14(19)17-12-5-4-11(8-16)13(15)7-12/h4-5,7,10H,2-3,6,9H2,1H3,(H,17,19). The summed E-state index contributed by atoms with van der Waals surface area (Å²) in [6, 6.07) is 6.79. The third kappa shape index (κ3) is 3.39. The van der Waals surface area contributed by atoms with Crippen LogP contribution in [0.4, 0.5) is 10.5 Å². The van der Waals surface area contributed by atoms with Gasteiger partial charge in [0.05, 0.1) is 10.6 Å². The van der Waals surface area contributed by atoms with Crippen LogP contribution < -0.4 is 5.32 Å². The average molecular weight is 278 g/mol. The lowest BCUT2D eigenvalue weighted by atomic mass is 10.0. The predicted molar refractivity (Wildman–Crippen MR) is 75.2 cm³/mol. The number of hydrogen-bond acceptors (Lipinski definition) is 2. The van der Waals surface area contributed by atoms with Gasteiger partial charge < -0.3 is 10.2 Å². The second-order valence-electron chi connectivity index (χ2n) is 4.93. The van der Waals surface area contributed by atoms with Crippen LogP contribution >= 0.6 is 11.6 Å². The number of rotatable bonds is 1. The van der Waals surface area contributed by atoms with Crippen molar-refractivity contribution in [2.24, 2.45) is 5.92 Å². The van der Waals surface area contributed by atoms with Gasteiger partial charge in [0, 0.05) is 18.8 Å². The molecule has 100 valence electrons. The lowest BCUT2D eigenvalue weighted by molar-refractivity contribution is 0.182. The van der Waals surface area contributed by atoms with Crippen molar-refractivity contribution < 1.29 is 4.79 Å². The van der Waals surface area contributed by atoms with Gasteiger partial charge >= 0.3 is 6.03 Å². The van der Waals surface area contributed by atoms with Crippen molar-refractivity contribution in [2.75, 3.05) is 18.4 Å². The van der Waals surface area contributed by atoms with Gasteiger partial charge in [0.1, 0.15) is 6.07 Å². The molecule has 1 aliphatic rings. The van der Waals surface area contributed by atoms with E-state index in [-0.39, 0.29) is 6.03 Å². The first-order chi connectivity index (χ1) is 9.10. The van der Waals surface area contributed by atoms with Crippen molar-refractivity contribution in [1.82, 2.24) is 4.90 Å². The third-order valence-electron chi connectivity index (χ3n) is 3.29. The molecule has 1 aliphatic heterocycles. The molecule has 0 aliphatic carbocycles. The van der Waals surface area contributed by atoms with Crippen LogP contribution in [-0.2, 0) is 0 Å². The summed E-state index contributed by atoms with van der Waals surface area (Å²) in [5.41, 5.74) is 1.03. The van der Waals surface area contributed by atoms with Crippen LogP contribution in [0.25, 0.3) is 0 Å². The molecule has 0 radical (unpaired) electrons. The zero-order valence-corrected chi connectivity index (χ0v) is 11.6. The number of carbonyl (C=O) groups is 1. The average Bonchev–Trinajstić information content (AvgIpc) is 2.39. The normalized spacial score (nSPS) is 18.8. The van der Waals surface area contributed by atoms with Crippen molar-refractivity contribution in [3.63, 3.8) is 0 Å². The summed E-state index contributed by atoms with van der Waals surface area (Å²) in [5, 5.41) is 12.0. The van der Waals surface area contributed by atoms with Crippen LogP contribution in [0, 0.1) is 17.2 Å². The van der Waals surface area contributed by atoms with Gasteiger partial charge in [-0.2, -0.15) is 5.26 Å². The quantitative estimate of drug-likeness (QED) is 0.854. The number of nitriles is 1. The van der Waals surface area contributed by atoms with Gasteiger partial charge in [0.25, 0.3) is 0 Å². The molecule has 4 nitrogen and oxygen atoms in total. The molecule has 1 heterocycles.